The Labute approximate surface area is 178 Å². The van der Waals surface area contributed by atoms with Crippen LogP contribution in [0.25, 0.3) is 16.7 Å². The van der Waals surface area contributed by atoms with Crippen LogP contribution in [-0.2, 0) is 4.74 Å². The Hall–Kier alpha value is -2.29. The number of aryl methyl sites for hydroxylation is 1. The van der Waals surface area contributed by atoms with E-state index < -0.39 is 6.17 Å². The number of benzene rings is 1. The number of likely N-dealkylation sites (tertiary alicyclic amines) is 1. The lowest BCUT2D eigenvalue weighted by Crippen LogP contribution is -2.54. The van der Waals surface area contributed by atoms with E-state index in [0.29, 0.717) is 31.6 Å². The zero-order valence-corrected chi connectivity index (χ0v) is 17.6. The van der Waals surface area contributed by atoms with Gasteiger partial charge in [0.15, 0.2) is 5.82 Å². The maximum atomic E-state index is 15.2. The highest BCUT2D eigenvalue weighted by Gasteiger charge is 2.36. The third-order valence-corrected chi connectivity index (χ3v) is 6.32. The summed E-state index contributed by atoms with van der Waals surface area (Å²) in [5.74, 6) is 0.367. The van der Waals surface area contributed by atoms with Crippen molar-refractivity contribution in [1.82, 2.24) is 24.6 Å². The largest absolute Gasteiger partial charge is 0.467 e. The molecule has 2 atom stereocenters. The van der Waals surface area contributed by atoms with Gasteiger partial charge in [-0.2, -0.15) is 15.1 Å². The predicted octanol–water partition coefficient (Wildman–Crippen LogP) is 3.31. The van der Waals surface area contributed by atoms with Gasteiger partial charge in [-0.1, -0.05) is 11.6 Å². The van der Waals surface area contributed by atoms with E-state index in [9.17, 15) is 0 Å². The van der Waals surface area contributed by atoms with Crippen LogP contribution in [0.2, 0.25) is 5.15 Å². The molecular weight excluding hydrogens is 409 g/mol. The summed E-state index contributed by atoms with van der Waals surface area (Å²) in [7, 11) is 1.49. The molecule has 2 aliphatic rings. The Morgan fingerprint density at radius 1 is 1.23 bits per heavy atom. The van der Waals surface area contributed by atoms with Gasteiger partial charge in [0.05, 0.1) is 38.1 Å². The molecule has 0 spiro atoms. The number of fused-ring (bicyclic) bond motifs is 1. The van der Waals surface area contributed by atoms with E-state index in [1.807, 2.05) is 13.0 Å². The number of aromatic nitrogens is 4. The van der Waals surface area contributed by atoms with E-state index in [-0.39, 0.29) is 17.1 Å². The van der Waals surface area contributed by atoms with Crippen LogP contribution in [0.1, 0.15) is 23.5 Å². The summed E-state index contributed by atoms with van der Waals surface area (Å²) in [6, 6.07) is 6.27. The average molecular weight is 432 g/mol. The molecule has 3 aromatic rings. The summed E-state index contributed by atoms with van der Waals surface area (Å²) < 4.78 is 27.3. The van der Waals surface area contributed by atoms with E-state index >= 15 is 4.39 Å². The van der Waals surface area contributed by atoms with Crippen molar-refractivity contribution in [2.75, 3.05) is 33.4 Å². The minimum atomic E-state index is -0.916. The fraction of sp³-hybridized carbons (Fsp3) is 0.476. The first-order chi connectivity index (χ1) is 14.5. The number of piperidine rings is 1. The van der Waals surface area contributed by atoms with Crippen molar-refractivity contribution in [3.8, 4) is 11.8 Å². The Morgan fingerprint density at radius 2 is 2.07 bits per heavy atom. The van der Waals surface area contributed by atoms with Crippen molar-refractivity contribution in [2.45, 2.75) is 31.5 Å². The van der Waals surface area contributed by atoms with Gasteiger partial charge in [0, 0.05) is 23.9 Å². The van der Waals surface area contributed by atoms with E-state index in [4.69, 9.17) is 21.1 Å². The molecule has 2 saturated heterocycles. The van der Waals surface area contributed by atoms with Gasteiger partial charge in [-0.25, -0.2) is 9.07 Å². The fourth-order valence-corrected chi connectivity index (χ4v) is 4.59. The van der Waals surface area contributed by atoms with Gasteiger partial charge in [-0.05, 0) is 43.1 Å². The van der Waals surface area contributed by atoms with E-state index in [0.717, 1.165) is 35.0 Å². The molecule has 0 radical (unpaired) electrons. The number of hydrogen-bond donors (Lipinski definition) is 0. The zero-order valence-electron chi connectivity index (χ0n) is 16.9. The molecule has 0 saturated carbocycles. The minimum absolute atomic E-state index is 0.140. The van der Waals surface area contributed by atoms with Gasteiger partial charge in [0.25, 0.3) is 0 Å². The molecule has 2 aromatic heterocycles. The minimum Gasteiger partial charge on any atom is -0.467 e. The molecular formula is C21H23ClFN5O2. The van der Waals surface area contributed by atoms with Gasteiger partial charge in [0.2, 0.25) is 0 Å². The number of halogens is 2. The lowest BCUT2D eigenvalue weighted by atomic mass is 9.84. The Balaban J connectivity index is 1.50. The maximum Gasteiger partial charge on any atom is 0.319 e. The summed E-state index contributed by atoms with van der Waals surface area (Å²) in [5.41, 5.74) is 2.95. The SMILES string of the molecule is COc1nc(Cl)cc(-n2ncc3cc(C)c([C@H]4CCN(C5COC5)C[C@H]4F)cc32)n1. The second-order valence-corrected chi connectivity index (χ2v) is 8.34. The van der Waals surface area contributed by atoms with E-state index in [2.05, 4.69) is 26.0 Å². The van der Waals surface area contributed by atoms with Crippen molar-refractivity contribution in [3.05, 3.63) is 40.7 Å². The Morgan fingerprint density at radius 3 is 2.77 bits per heavy atom. The highest BCUT2D eigenvalue weighted by molar-refractivity contribution is 6.29. The van der Waals surface area contributed by atoms with Crippen LogP contribution in [0.15, 0.2) is 24.4 Å². The van der Waals surface area contributed by atoms with Gasteiger partial charge >= 0.3 is 6.01 Å². The number of alkyl halides is 1. The first-order valence-corrected chi connectivity index (χ1v) is 10.4. The average Bonchev–Trinajstić information content (AvgIpc) is 3.08. The smallest absolute Gasteiger partial charge is 0.319 e. The van der Waals surface area contributed by atoms with Crippen LogP contribution in [0.4, 0.5) is 4.39 Å². The molecule has 1 aromatic carbocycles. The molecule has 30 heavy (non-hydrogen) atoms. The quantitative estimate of drug-likeness (QED) is 0.590. The van der Waals surface area contributed by atoms with Crippen LogP contribution < -0.4 is 4.74 Å². The van der Waals surface area contributed by atoms with Crippen LogP contribution >= 0.6 is 11.6 Å². The fourth-order valence-electron chi connectivity index (χ4n) is 4.42. The van der Waals surface area contributed by atoms with Crippen molar-refractivity contribution in [2.24, 2.45) is 0 Å². The van der Waals surface area contributed by atoms with Gasteiger partial charge in [0.1, 0.15) is 11.3 Å². The third kappa shape index (κ3) is 3.42. The number of rotatable bonds is 4. The number of nitrogens with zero attached hydrogens (tertiary/aromatic N) is 5. The summed E-state index contributed by atoms with van der Waals surface area (Å²) >= 11 is 6.11. The third-order valence-electron chi connectivity index (χ3n) is 6.13. The monoisotopic (exact) mass is 431 g/mol. The van der Waals surface area contributed by atoms with Crippen LogP contribution in [0, 0.1) is 6.92 Å². The maximum absolute atomic E-state index is 15.2. The Bertz CT molecular complexity index is 1090. The van der Waals surface area contributed by atoms with Crippen LogP contribution in [0.3, 0.4) is 0 Å². The summed E-state index contributed by atoms with van der Waals surface area (Å²) in [6.45, 7) is 4.80. The number of ether oxygens (including phenoxy) is 2. The molecule has 0 bridgehead atoms. The molecule has 2 aliphatic heterocycles. The van der Waals surface area contributed by atoms with Crippen molar-refractivity contribution >= 4 is 22.5 Å². The van der Waals surface area contributed by atoms with Crippen LogP contribution in [-0.4, -0.2) is 70.3 Å². The standard InChI is InChI=1S/C21H23ClFN5O2/c1-12-5-13-8-24-28(20-7-19(22)25-21(26-20)29-2)18(13)6-16(12)15-3-4-27(9-17(15)23)14-10-30-11-14/h5-8,14-15,17H,3-4,9-11H2,1-2H3/t15-,17-/m1/s1. The van der Waals surface area contributed by atoms with E-state index in [1.165, 1.54) is 7.11 Å². The first-order valence-electron chi connectivity index (χ1n) is 10.1. The summed E-state index contributed by atoms with van der Waals surface area (Å²) in [6.07, 6.45) is 1.65. The normalized spacial score (nSPS) is 22.9. The number of hydrogen-bond acceptors (Lipinski definition) is 6. The zero-order chi connectivity index (χ0) is 20.8. The molecule has 2 fully saturated rings. The predicted molar refractivity (Wildman–Crippen MR) is 111 cm³/mol. The molecule has 0 unspecified atom stereocenters. The summed E-state index contributed by atoms with van der Waals surface area (Å²) in [4.78, 5) is 10.6. The molecule has 0 amide bonds. The van der Waals surface area contributed by atoms with Gasteiger partial charge in [-0.3, -0.25) is 4.90 Å². The highest BCUT2D eigenvalue weighted by atomic mass is 35.5. The van der Waals surface area contributed by atoms with Crippen molar-refractivity contribution in [3.63, 3.8) is 0 Å². The second kappa shape index (κ2) is 7.76. The summed E-state index contributed by atoms with van der Waals surface area (Å²) in [5, 5.41) is 5.71. The topological polar surface area (TPSA) is 65.3 Å². The second-order valence-electron chi connectivity index (χ2n) is 7.96. The molecule has 0 N–H and O–H groups in total. The highest BCUT2D eigenvalue weighted by Crippen LogP contribution is 2.36. The molecule has 9 heteroatoms. The lowest BCUT2D eigenvalue weighted by molar-refractivity contribution is -0.0807. The Kier molecular flexibility index (Phi) is 5.08. The molecule has 158 valence electrons. The molecule has 0 aliphatic carbocycles. The van der Waals surface area contributed by atoms with E-state index in [1.54, 1.807) is 16.9 Å². The first kappa shape index (κ1) is 19.7. The van der Waals surface area contributed by atoms with Crippen LogP contribution in [0.5, 0.6) is 6.01 Å². The molecule has 4 heterocycles. The number of methoxy groups -OCH3 is 1. The lowest BCUT2D eigenvalue weighted by Gasteiger charge is -2.43. The molecule has 5 rings (SSSR count). The van der Waals surface area contributed by atoms with Crippen molar-refractivity contribution in [1.29, 1.82) is 0 Å². The molecule has 7 nitrogen and oxygen atoms in total. The van der Waals surface area contributed by atoms with Gasteiger partial charge in [-0.15, -0.1) is 0 Å². The van der Waals surface area contributed by atoms with Gasteiger partial charge < -0.3 is 9.47 Å². The van der Waals surface area contributed by atoms with Crippen molar-refractivity contribution < 1.29 is 13.9 Å².